The minimum absolute atomic E-state index is 0. The van der Waals surface area contributed by atoms with Crippen LogP contribution < -0.4 is 0 Å². The van der Waals surface area contributed by atoms with Crippen LogP contribution in [0.1, 0.15) is 0 Å². The first-order valence-electron chi connectivity index (χ1n) is 7.89. The number of hydrogen-bond donors (Lipinski definition) is 0. The first-order valence-corrected chi connectivity index (χ1v) is 7.89. The Kier molecular flexibility index (Phi) is 3.97. The van der Waals surface area contributed by atoms with Crippen LogP contribution in [0.2, 0.25) is 0 Å². The summed E-state index contributed by atoms with van der Waals surface area (Å²) in [6.45, 7) is 0. The van der Waals surface area contributed by atoms with Crippen molar-refractivity contribution < 1.29 is 0 Å². The van der Waals surface area contributed by atoms with E-state index in [0.29, 0.717) is 0 Å². The first kappa shape index (κ1) is 15.8. The molecule has 2 aromatic carbocycles. The van der Waals surface area contributed by atoms with Gasteiger partial charge in [0.15, 0.2) is 0 Å². The van der Waals surface area contributed by atoms with Crippen LogP contribution in [0, 0.1) is 0 Å². The molecule has 4 heteroatoms. The number of rotatable bonds is 1. The Morgan fingerprint density at radius 3 is 2.28 bits per heavy atom. The molecule has 3 heterocycles. The molecule has 0 aliphatic rings. The third-order valence-electron chi connectivity index (χ3n) is 4.35. The van der Waals surface area contributed by atoms with Crippen LogP contribution in [0.25, 0.3) is 44.0 Å². The van der Waals surface area contributed by atoms with E-state index in [1.165, 1.54) is 0 Å². The van der Waals surface area contributed by atoms with Crippen LogP contribution in [-0.4, -0.2) is 33.8 Å². The molecule has 3 nitrogen and oxygen atoms in total. The van der Waals surface area contributed by atoms with Crippen LogP contribution in [0.3, 0.4) is 0 Å². The maximum absolute atomic E-state index is 4.93. The van der Waals surface area contributed by atoms with E-state index in [9.17, 15) is 0 Å². The zero-order valence-electron chi connectivity index (χ0n) is 12.8. The molecule has 0 N–H and O–H groups in total. The summed E-state index contributed by atoms with van der Waals surface area (Å²) in [6, 6.07) is 22.6. The second-order valence-corrected chi connectivity index (χ2v) is 5.78. The van der Waals surface area contributed by atoms with Gasteiger partial charge in [-0.05, 0) is 24.3 Å². The second-order valence-electron chi connectivity index (χ2n) is 5.78. The zero-order chi connectivity index (χ0) is 15.9. The molecule has 0 aliphatic carbocycles. The topological polar surface area (TPSA) is 38.7 Å². The van der Waals surface area contributed by atoms with Crippen LogP contribution in [-0.2, 0) is 0 Å². The third kappa shape index (κ3) is 2.58. The number of pyridine rings is 3. The van der Waals surface area contributed by atoms with E-state index in [4.69, 9.17) is 4.98 Å². The Balaban J connectivity index is 0.00000157. The fourth-order valence-electron chi connectivity index (χ4n) is 3.20. The minimum atomic E-state index is 0. The maximum atomic E-state index is 4.93. The van der Waals surface area contributed by atoms with E-state index >= 15 is 0 Å². The van der Waals surface area contributed by atoms with Crippen molar-refractivity contribution in [3.05, 3.63) is 79.1 Å². The van der Waals surface area contributed by atoms with Gasteiger partial charge in [0.1, 0.15) is 0 Å². The molecular formula is C21H14LiN3. The van der Waals surface area contributed by atoms with Crippen LogP contribution in [0.15, 0.2) is 79.1 Å². The third-order valence-corrected chi connectivity index (χ3v) is 4.35. The van der Waals surface area contributed by atoms with Crippen molar-refractivity contribution in [2.75, 3.05) is 0 Å². The van der Waals surface area contributed by atoms with Crippen molar-refractivity contribution in [1.29, 1.82) is 0 Å². The number of benzene rings is 2. The molecule has 0 aliphatic heterocycles. The van der Waals surface area contributed by atoms with Crippen molar-refractivity contribution in [2.24, 2.45) is 0 Å². The Bertz CT molecular complexity index is 1210. The average Bonchev–Trinajstić information content (AvgIpc) is 2.67. The summed E-state index contributed by atoms with van der Waals surface area (Å²) < 4.78 is 0. The van der Waals surface area contributed by atoms with Crippen molar-refractivity contribution in [3.8, 4) is 11.3 Å². The SMILES string of the molecule is [LiH].c1cnc2c(c1)ccc1ccc(-c3cccc4ncccc34)nc12. The van der Waals surface area contributed by atoms with Gasteiger partial charge >= 0.3 is 18.9 Å². The molecule has 0 fully saturated rings. The summed E-state index contributed by atoms with van der Waals surface area (Å²) in [6.07, 6.45) is 3.63. The fraction of sp³-hybridized carbons (Fsp3) is 0. The molecule has 114 valence electrons. The standard InChI is InChI=1S/C21H13N3.Li.H/c1-5-17(16-6-3-12-22-18(16)7-1)19-11-10-15-9-8-14-4-2-13-23-20(14)21(15)24-19;;/h1-13H;;. The van der Waals surface area contributed by atoms with Gasteiger partial charge < -0.3 is 0 Å². The number of nitrogens with zero attached hydrogens (tertiary/aromatic N) is 3. The van der Waals surface area contributed by atoms with E-state index in [0.717, 1.165) is 44.0 Å². The van der Waals surface area contributed by atoms with Gasteiger partial charge in [0.05, 0.1) is 22.2 Å². The largest absolute Gasteiger partial charge is 0.256 e. The molecule has 0 radical (unpaired) electrons. The molecule has 0 atom stereocenters. The monoisotopic (exact) mass is 315 g/mol. The summed E-state index contributed by atoms with van der Waals surface area (Å²) in [5.74, 6) is 0. The Morgan fingerprint density at radius 2 is 1.36 bits per heavy atom. The molecular weight excluding hydrogens is 301 g/mol. The quantitative estimate of drug-likeness (QED) is 0.341. The molecule has 5 aromatic rings. The Labute approximate surface area is 156 Å². The average molecular weight is 315 g/mol. The van der Waals surface area contributed by atoms with Gasteiger partial charge in [0.25, 0.3) is 0 Å². The van der Waals surface area contributed by atoms with Crippen molar-refractivity contribution in [3.63, 3.8) is 0 Å². The van der Waals surface area contributed by atoms with Crippen molar-refractivity contribution in [2.45, 2.75) is 0 Å². The van der Waals surface area contributed by atoms with E-state index in [2.05, 4.69) is 52.4 Å². The van der Waals surface area contributed by atoms with Gasteiger partial charge in [-0.2, -0.15) is 0 Å². The number of hydrogen-bond acceptors (Lipinski definition) is 3. The van der Waals surface area contributed by atoms with Gasteiger partial charge in [-0.3, -0.25) is 9.97 Å². The predicted octanol–water partition coefficient (Wildman–Crippen LogP) is 4.35. The molecule has 0 saturated heterocycles. The second kappa shape index (κ2) is 6.29. The van der Waals surface area contributed by atoms with Crippen molar-refractivity contribution >= 4 is 51.6 Å². The molecule has 0 bridgehead atoms. The van der Waals surface area contributed by atoms with Crippen molar-refractivity contribution in [1.82, 2.24) is 15.0 Å². The maximum Gasteiger partial charge on any atom is 0.0972 e. The smallest absolute Gasteiger partial charge is 0.0972 e. The molecule has 0 unspecified atom stereocenters. The molecule has 25 heavy (non-hydrogen) atoms. The van der Waals surface area contributed by atoms with Crippen LogP contribution in [0.5, 0.6) is 0 Å². The van der Waals surface area contributed by atoms with Gasteiger partial charge in [-0.15, -0.1) is 0 Å². The van der Waals surface area contributed by atoms with Gasteiger partial charge in [-0.1, -0.05) is 42.5 Å². The summed E-state index contributed by atoms with van der Waals surface area (Å²) >= 11 is 0. The minimum Gasteiger partial charge on any atom is -0.256 e. The van der Waals surface area contributed by atoms with Gasteiger partial charge in [0, 0.05) is 34.1 Å². The molecule has 0 spiro atoms. The van der Waals surface area contributed by atoms with Gasteiger partial charge in [0.2, 0.25) is 0 Å². The zero-order valence-corrected chi connectivity index (χ0v) is 12.8. The molecule has 0 amide bonds. The first-order chi connectivity index (χ1) is 11.9. The summed E-state index contributed by atoms with van der Waals surface area (Å²) in [4.78, 5) is 13.9. The Hall–Kier alpha value is -2.73. The molecule has 3 aromatic heterocycles. The molecule has 5 rings (SSSR count). The van der Waals surface area contributed by atoms with E-state index < -0.39 is 0 Å². The molecule has 0 saturated carbocycles. The normalized spacial score (nSPS) is 10.9. The van der Waals surface area contributed by atoms with E-state index in [-0.39, 0.29) is 18.9 Å². The number of fused-ring (bicyclic) bond motifs is 4. The predicted molar refractivity (Wildman–Crippen MR) is 105 cm³/mol. The van der Waals surface area contributed by atoms with Gasteiger partial charge in [-0.25, -0.2) is 4.98 Å². The summed E-state index contributed by atoms with van der Waals surface area (Å²) in [5, 5.41) is 3.32. The summed E-state index contributed by atoms with van der Waals surface area (Å²) in [5.41, 5.74) is 4.89. The van der Waals surface area contributed by atoms with E-state index in [1.807, 2.05) is 36.7 Å². The number of aromatic nitrogens is 3. The van der Waals surface area contributed by atoms with E-state index in [1.54, 1.807) is 0 Å². The Morgan fingerprint density at radius 1 is 0.600 bits per heavy atom. The fourth-order valence-corrected chi connectivity index (χ4v) is 3.20. The van der Waals surface area contributed by atoms with Crippen LogP contribution >= 0.6 is 0 Å². The summed E-state index contributed by atoms with van der Waals surface area (Å²) in [7, 11) is 0. The van der Waals surface area contributed by atoms with Crippen LogP contribution in [0.4, 0.5) is 0 Å².